The lowest BCUT2D eigenvalue weighted by atomic mass is 9.96. The van der Waals surface area contributed by atoms with Gasteiger partial charge in [-0.15, -0.1) is 0 Å². The normalized spacial score (nSPS) is 22.3. The van der Waals surface area contributed by atoms with Crippen LogP contribution in [0.1, 0.15) is 45.4 Å². The molecule has 5 heteroatoms. The number of likely N-dealkylation sites (tertiary alicyclic amines) is 1. The van der Waals surface area contributed by atoms with E-state index in [0.29, 0.717) is 12.5 Å². The second-order valence-electron chi connectivity index (χ2n) is 5.12. The number of carbonyl (C=O) groups is 2. The number of aliphatic carboxylic acids is 1. The predicted octanol–water partition coefficient (Wildman–Crippen LogP) is 1.22. The summed E-state index contributed by atoms with van der Waals surface area (Å²) in [6.45, 7) is 3.61. The van der Waals surface area contributed by atoms with Gasteiger partial charge in [0.25, 0.3) is 0 Å². The van der Waals surface area contributed by atoms with Crippen LogP contribution in [0.4, 0.5) is 0 Å². The molecule has 18 heavy (non-hydrogen) atoms. The van der Waals surface area contributed by atoms with Gasteiger partial charge < -0.3 is 15.7 Å². The van der Waals surface area contributed by atoms with Crippen molar-refractivity contribution in [1.82, 2.24) is 4.90 Å². The van der Waals surface area contributed by atoms with Crippen molar-refractivity contribution in [2.45, 2.75) is 51.5 Å². The van der Waals surface area contributed by atoms with Gasteiger partial charge in [0.2, 0.25) is 5.91 Å². The summed E-state index contributed by atoms with van der Waals surface area (Å²) in [6.07, 6.45) is 5.27. The number of carbonyl (C=O) groups excluding carboxylic acids is 1. The van der Waals surface area contributed by atoms with E-state index in [1.165, 1.54) is 12.8 Å². The maximum Gasteiger partial charge on any atom is 0.305 e. The first-order valence-corrected chi connectivity index (χ1v) is 6.80. The third kappa shape index (κ3) is 4.64. The maximum absolute atomic E-state index is 12.0. The van der Waals surface area contributed by atoms with Crippen molar-refractivity contribution in [1.29, 1.82) is 0 Å². The van der Waals surface area contributed by atoms with Crippen LogP contribution in [0.2, 0.25) is 0 Å². The van der Waals surface area contributed by atoms with Gasteiger partial charge in [-0.2, -0.15) is 0 Å². The molecule has 1 heterocycles. The Balaban J connectivity index is 2.46. The summed E-state index contributed by atoms with van der Waals surface area (Å²) in [5, 5.41) is 8.65. The van der Waals surface area contributed by atoms with Crippen molar-refractivity contribution in [2.24, 2.45) is 11.7 Å². The summed E-state index contributed by atoms with van der Waals surface area (Å²) in [5.74, 6) is -0.535. The van der Waals surface area contributed by atoms with E-state index in [9.17, 15) is 9.59 Å². The number of carboxylic acids is 1. The van der Waals surface area contributed by atoms with Gasteiger partial charge in [0.05, 0.1) is 12.5 Å². The highest BCUT2D eigenvalue weighted by Crippen LogP contribution is 2.22. The molecule has 1 saturated heterocycles. The van der Waals surface area contributed by atoms with E-state index in [4.69, 9.17) is 10.8 Å². The molecule has 104 valence electrons. The molecule has 1 rings (SSSR count). The molecule has 0 radical (unpaired) electrons. The van der Waals surface area contributed by atoms with Gasteiger partial charge in [-0.25, -0.2) is 0 Å². The summed E-state index contributed by atoms with van der Waals surface area (Å²) < 4.78 is 0. The van der Waals surface area contributed by atoms with Crippen LogP contribution in [0, 0.1) is 5.92 Å². The van der Waals surface area contributed by atoms with Crippen LogP contribution >= 0.6 is 0 Å². The highest BCUT2D eigenvalue weighted by atomic mass is 16.4. The van der Waals surface area contributed by atoms with Crippen molar-refractivity contribution in [3.63, 3.8) is 0 Å². The van der Waals surface area contributed by atoms with E-state index in [-0.39, 0.29) is 12.3 Å². The lowest BCUT2D eigenvalue weighted by Gasteiger charge is -2.23. The molecular formula is C13H24N2O3. The molecule has 0 aliphatic carbocycles. The van der Waals surface area contributed by atoms with Gasteiger partial charge in [0.15, 0.2) is 0 Å². The average molecular weight is 256 g/mol. The number of amides is 1. The van der Waals surface area contributed by atoms with E-state index < -0.39 is 12.0 Å². The van der Waals surface area contributed by atoms with E-state index in [2.05, 4.69) is 6.92 Å². The van der Waals surface area contributed by atoms with Gasteiger partial charge in [0, 0.05) is 13.1 Å². The summed E-state index contributed by atoms with van der Waals surface area (Å²) in [4.78, 5) is 24.3. The third-order valence-corrected chi connectivity index (χ3v) is 3.57. The number of hydrogen-bond acceptors (Lipinski definition) is 3. The Bertz CT molecular complexity index is 294. The monoisotopic (exact) mass is 256 g/mol. The molecular weight excluding hydrogens is 232 g/mol. The summed E-state index contributed by atoms with van der Waals surface area (Å²) in [5.41, 5.74) is 5.62. The number of nitrogens with zero attached hydrogens (tertiary/aromatic N) is 1. The lowest BCUT2D eigenvalue weighted by Crippen LogP contribution is -2.45. The molecule has 1 aliphatic heterocycles. The van der Waals surface area contributed by atoms with Crippen molar-refractivity contribution in [3.05, 3.63) is 0 Å². The Morgan fingerprint density at radius 2 is 2.11 bits per heavy atom. The fourth-order valence-corrected chi connectivity index (χ4v) is 2.59. The van der Waals surface area contributed by atoms with Gasteiger partial charge >= 0.3 is 5.97 Å². The summed E-state index contributed by atoms with van der Waals surface area (Å²) >= 11 is 0. The second-order valence-corrected chi connectivity index (χ2v) is 5.12. The molecule has 1 aliphatic rings. The van der Waals surface area contributed by atoms with Gasteiger partial charge in [-0.1, -0.05) is 19.8 Å². The minimum Gasteiger partial charge on any atom is -0.481 e. The number of hydrogen-bond donors (Lipinski definition) is 2. The Labute approximate surface area is 108 Å². The first-order valence-electron chi connectivity index (χ1n) is 6.80. The predicted molar refractivity (Wildman–Crippen MR) is 69.1 cm³/mol. The van der Waals surface area contributed by atoms with E-state index in [1.807, 2.05) is 0 Å². The quantitative estimate of drug-likeness (QED) is 0.774. The van der Waals surface area contributed by atoms with E-state index in [0.717, 1.165) is 25.8 Å². The molecule has 0 aromatic carbocycles. The fourth-order valence-electron chi connectivity index (χ4n) is 2.59. The molecule has 0 saturated carbocycles. The molecule has 0 spiro atoms. The third-order valence-electron chi connectivity index (χ3n) is 3.57. The molecule has 5 nitrogen and oxygen atoms in total. The smallest absolute Gasteiger partial charge is 0.305 e. The van der Waals surface area contributed by atoms with Crippen LogP contribution in [0.3, 0.4) is 0 Å². The van der Waals surface area contributed by atoms with Crippen molar-refractivity contribution in [2.75, 3.05) is 13.1 Å². The zero-order chi connectivity index (χ0) is 13.5. The zero-order valence-corrected chi connectivity index (χ0v) is 11.1. The standard InChI is InChI=1S/C13H24N2O3/c1-2-4-10-5-3-7-15(8-6-10)13(18)11(14)9-12(16)17/h10-11H,2-9,14H2,1H3,(H,16,17). The average Bonchev–Trinajstić information content (AvgIpc) is 2.53. The number of rotatable bonds is 5. The maximum atomic E-state index is 12.0. The Kier molecular flexibility index (Phi) is 6.12. The number of carboxylic acid groups (broad SMARTS) is 1. The molecule has 2 atom stereocenters. The van der Waals surface area contributed by atoms with Crippen LogP contribution in [0.5, 0.6) is 0 Å². The second kappa shape index (κ2) is 7.36. The molecule has 1 fully saturated rings. The highest BCUT2D eigenvalue weighted by molar-refractivity contribution is 5.85. The topological polar surface area (TPSA) is 83.6 Å². The summed E-state index contributed by atoms with van der Waals surface area (Å²) in [6, 6.07) is -0.898. The van der Waals surface area contributed by atoms with Crippen molar-refractivity contribution in [3.8, 4) is 0 Å². The van der Waals surface area contributed by atoms with Crippen LogP contribution in [-0.4, -0.2) is 41.0 Å². The Morgan fingerprint density at radius 1 is 1.39 bits per heavy atom. The molecule has 0 aromatic rings. The molecule has 1 amide bonds. The molecule has 0 aromatic heterocycles. The van der Waals surface area contributed by atoms with Crippen molar-refractivity contribution >= 4 is 11.9 Å². The lowest BCUT2D eigenvalue weighted by molar-refractivity contribution is -0.142. The first kappa shape index (κ1) is 15.0. The van der Waals surface area contributed by atoms with Gasteiger partial charge in [0.1, 0.15) is 0 Å². The highest BCUT2D eigenvalue weighted by Gasteiger charge is 2.25. The van der Waals surface area contributed by atoms with Crippen LogP contribution in [0.25, 0.3) is 0 Å². The Morgan fingerprint density at radius 3 is 2.72 bits per heavy atom. The SMILES string of the molecule is CCCC1CCCN(C(=O)C(N)CC(=O)O)CC1. The molecule has 3 N–H and O–H groups in total. The molecule has 0 bridgehead atoms. The van der Waals surface area contributed by atoms with Crippen molar-refractivity contribution < 1.29 is 14.7 Å². The van der Waals surface area contributed by atoms with Crippen LogP contribution in [0.15, 0.2) is 0 Å². The first-order chi connectivity index (χ1) is 8.54. The fraction of sp³-hybridized carbons (Fsp3) is 0.846. The van der Waals surface area contributed by atoms with E-state index in [1.54, 1.807) is 4.90 Å². The van der Waals surface area contributed by atoms with Crippen LogP contribution in [-0.2, 0) is 9.59 Å². The summed E-state index contributed by atoms with van der Waals surface area (Å²) in [7, 11) is 0. The molecule has 2 unspecified atom stereocenters. The van der Waals surface area contributed by atoms with Crippen LogP contribution < -0.4 is 5.73 Å². The minimum absolute atomic E-state index is 0.213. The number of nitrogens with two attached hydrogens (primary N) is 1. The minimum atomic E-state index is -1.02. The largest absolute Gasteiger partial charge is 0.481 e. The Hall–Kier alpha value is -1.10. The van der Waals surface area contributed by atoms with Gasteiger partial charge in [-0.05, 0) is 25.2 Å². The zero-order valence-electron chi connectivity index (χ0n) is 11.1. The van der Waals surface area contributed by atoms with E-state index >= 15 is 0 Å². The van der Waals surface area contributed by atoms with Gasteiger partial charge in [-0.3, -0.25) is 9.59 Å².